The standard InChI is InChI=1S/C25H32F2N6O3/c1-2-36-19-11-18(34)20(26)22(21(19)27)32-13-14-12-29-24(30-16-9-7-15(28)8-10-16)31-23(14)33(25(32)35)17-5-3-4-6-17/h11-12,15-17,34H,2-10,13,28H2,1H3,(H,29,30,31). The molecule has 0 spiro atoms. The molecule has 4 N–H and O–H groups in total. The van der Waals surface area contributed by atoms with Crippen LogP contribution in [-0.4, -0.2) is 45.8 Å². The van der Waals surface area contributed by atoms with Crippen LogP contribution in [0.25, 0.3) is 0 Å². The molecular formula is C25H32F2N6O3. The van der Waals surface area contributed by atoms with Gasteiger partial charge in [0.05, 0.1) is 13.2 Å². The van der Waals surface area contributed by atoms with E-state index in [-0.39, 0.29) is 37.0 Å². The van der Waals surface area contributed by atoms with Gasteiger partial charge >= 0.3 is 6.03 Å². The van der Waals surface area contributed by atoms with Crippen molar-refractivity contribution in [2.75, 3.05) is 21.7 Å². The normalized spacial score (nSPS) is 22.6. The van der Waals surface area contributed by atoms with Gasteiger partial charge in [0.15, 0.2) is 23.1 Å². The van der Waals surface area contributed by atoms with Crippen molar-refractivity contribution in [1.82, 2.24) is 9.97 Å². The van der Waals surface area contributed by atoms with E-state index in [1.807, 2.05) is 0 Å². The summed E-state index contributed by atoms with van der Waals surface area (Å²) in [5.41, 5.74) is 5.94. The van der Waals surface area contributed by atoms with Crippen molar-refractivity contribution < 1.29 is 23.4 Å². The molecule has 2 heterocycles. The predicted molar refractivity (Wildman–Crippen MR) is 131 cm³/mol. The number of hydrogen-bond acceptors (Lipinski definition) is 7. The number of ether oxygens (including phenoxy) is 1. The summed E-state index contributed by atoms with van der Waals surface area (Å²) in [5, 5.41) is 13.5. The molecule has 194 valence electrons. The smallest absolute Gasteiger partial charge is 0.330 e. The number of fused-ring (bicyclic) bond motifs is 1. The molecule has 1 aromatic carbocycles. The number of carbonyl (C=O) groups is 1. The fraction of sp³-hybridized carbons (Fsp3) is 0.560. The van der Waals surface area contributed by atoms with E-state index in [0.29, 0.717) is 17.3 Å². The Balaban J connectivity index is 1.52. The Bertz CT molecular complexity index is 1140. The highest BCUT2D eigenvalue weighted by atomic mass is 19.1. The van der Waals surface area contributed by atoms with Crippen LogP contribution >= 0.6 is 0 Å². The second kappa shape index (κ2) is 10.0. The number of amides is 2. The first-order valence-electron chi connectivity index (χ1n) is 12.7. The SMILES string of the molecule is CCOc1cc(O)c(F)c(N2Cc3cnc(NC4CCC(N)CC4)nc3N(C3CCCC3)C2=O)c1F. The molecular weight excluding hydrogens is 470 g/mol. The van der Waals surface area contributed by atoms with Crippen LogP contribution in [0.5, 0.6) is 11.5 Å². The highest BCUT2D eigenvalue weighted by Crippen LogP contribution is 2.42. The molecule has 0 radical (unpaired) electrons. The monoisotopic (exact) mass is 502 g/mol. The lowest BCUT2D eigenvalue weighted by molar-refractivity contribution is 0.246. The summed E-state index contributed by atoms with van der Waals surface area (Å²) >= 11 is 0. The number of nitrogens with zero attached hydrogens (tertiary/aromatic N) is 4. The number of aromatic hydroxyl groups is 1. The molecule has 0 saturated heterocycles. The number of rotatable bonds is 6. The molecule has 2 saturated carbocycles. The lowest BCUT2D eigenvalue weighted by Crippen LogP contribution is -2.52. The number of phenolic OH excluding ortho intramolecular Hbond substituents is 1. The molecule has 3 aliphatic rings. The molecule has 11 heteroatoms. The molecule has 9 nitrogen and oxygen atoms in total. The van der Waals surface area contributed by atoms with E-state index < -0.39 is 29.1 Å². The van der Waals surface area contributed by atoms with Gasteiger partial charge in [0.25, 0.3) is 0 Å². The maximum absolute atomic E-state index is 15.4. The number of nitrogens with one attached hydrogen (secondary N) is 1. The zero-order valence-corrected chi connectivity index (χ0v) is 20.3. The maximum Gasteiger partial charge on any atom is 0.330 e. The first-order chi connectivity index (χ1) is 17.4. The Morgan fingerprint density at radius 1 is 1.17 bits per heavy atom. The zero-order valence-electron chi connectivity index (χ0n) is 20.3. The number of nitrogens with two attached hydrogens (primary N) is 1. The molecule has 0 bridgehead atoms. The average Bonchev–Trinajstić information content (AvgIpc) is 3.39. The molecule has 2 aromatic rings. The van der Waals surface area contributed by atoms with Crippen molar-refractivity contribution in [2.24, 2.45) is 5.73 Å². The van der Waals surface area contributed by atoms with E-state index >= 15 is 8.78 Å². The minimum Gasteiger partial charge on any atom is -0.505 e. The minimum atomic E-state index is -1.21. The van der Waals surface area contributed by atoms with Gasteiger partial charge in [0.1, 0.15) is 11.5 Å². The summed E-state index contributed by atoms with van der Waals surface area (Å²) in [6.45, 7) is 1.62. The first-order valence-corrected chi connectivity index (χ1v) is 12.7. The van der Waals surface area contributed by atoms with Gasteiger partial charge in [-0.3, -0.25) is 9.80 Å². The molecule has 2 aliphatic carbocycles. The van der Waals surface area contributed by atoms with Crippen LogP contribution < -0.4 is 25.6 Å². The van der Waals surface area contributed by atoms with Crippen LogP contribution in [0.2, 0.25) is 0 Å². The number of phenols is 1. The van der Waals surface area contributed by atoms with Gasteiger partial charge in [-0.15, -0.1) is 0 Å². The van der Waals surface area contributed by atoms with Gasteiger partial charge < -0.3 is 20.9 Å². The van der Waals surface area contributed by atoms with Crippen LogP contribution in [0.15, 0.2) is 12.3 Å². The summed E-state index contributed by atoms with van der Waals surface area (Å²) in [5.74, 6) is -2.48. The van der Waals surface area contributed by atoms with E-state index in [4.69, 9.17) is 15.5 Å². The predicted octanol–water partition coefficient (Wildman–Crippen LogP) is 4.43. The van der Waals surface area contributed by atoms with Gasteiger partial charge in [0.2, 0.25) is 5.95 Å². The van der Waals surface area contributed by atoms with Crippen LogP contribution in [0.1, 0.15) is 63.9 Å². The number of hydrogen-bond donors (Lipinski definition) is 3. The zero-order chi connectivity index (χ0) is 25.4. The van der Waals surface area contributed by atoms with Gasteiger partial charge in [-0.2, -0.15) is 4.98 Å². The molecule has 2 amide bonds. The highest BCUT2D eigenvalue weighted by Gasteiger charge is 2.41. The molecule has 0 atom stereocenters. The Morgan fingerprint density at radius 3 is 2.58 bits per heavy atom. The van der Waals surface area contributed by atoms with Crippen LogP contribution in [0, 0.1) is 11.6 Å². The van der Waals surface area contributed by atoms with Gasteiger partial charge in [0, 0.05) is 36.0 Å². The molecule has 1 aliphatic heterocycles. The molecule has 1 aromatic heterocycles. The van der Waals surface area contributed by atoms with E-state index in [1.165, 1.54) is 0 Å². The topological polar surface area (TPSA) is 117 Å². The Hall–Kier alpha value is -3.21. The maximum atomic E-state index is 15.4. The summed E-state index contributed by atoms with van der Waals surface area (Å²) in [7, 11) is 0. The van der Waals surface area contributed by atoms with Gasteiger partial charge in [-0.25, -0.2) is 18.6 Å². The fourth-order valence-electron chi connectivity index (χ4n) is 5.44. The Morgan fingerprint density at radius 2 is 1.89 bits per heavy atom. The molecule has 2 fully saturated rings. The van der Waals surface area contributed by atoms with Crippen molar-refractivity contribution in [3.8, 4) is 11.5 Å². The number of benzene rings is 1. The highest BCUT2D eigenvalue weighted by molar-refractivity contribution is 6.06. The number of aromatic nitrogens is 2. The quantitative estimate of drug-likeness (QED) is 0.535. The van der Waals surface area contributed by atoms with Crippen molar-refractivity contribution in [3.05, 3.63) is 29.5 Å². The van der Waals surface area contributed by atoms with E-state index in [0.717, 1.165) is 62.3 Å². The van der Waals surface area contributed by atoms with Gasteiger partial charge in [-0.05, 0) is 45.4 Å². The number of carbonyl (C=O) groups excluding carboxylic acids is 1. The molecule has 5 rings (SSSR count). The van der Waals surface area contributed by atoms with E-state index in [1.54, 1.807) is 18.0 Å². The minimum absolute atomic E-state index is 0.114. The van der Waals surface area contributed by atoms with Crippen molar-refractivity contribution in [3.63, 3.8) is 0 Å². The Kier molecular flexibility index (Phi) is 6.83. The molecule has 0 unspecified atom stereocenters. The first kappa shape index (κ1) is 24.5. The van der Waals surface area contributed by atoms with Crippen molar-refractivity contribution >= 4 is 23.5 Å². The van der Waals surface area contributed by atoms with E-state index in [9.17, 15) is 9.90 Å². The summed E-state index contributed by atoms with van der Waals surface area (Å²) in [6, 6.07) is 0.563. The number of halogens is 2. The third-order valence-corrected chi connectivity index (χ3v) is 7.32. The van der Waals surface area contributed by atoms with Gasteiger partial charge in [-0.1, -0.05) is 12.8 Å². The van der Waals surface area contributed by atoms with Crippen molar-refractivity contribution in [1.29, 1.82) is 0 Å². The second-order valence-corrected chi connectivity index (χ2v) is 9.78. The molecule has 36 heavy (non-hydrogen) atoms. The van der Waals surface area contributed by atoms with E-state index in [2.05, 4.69) is 10.3 Å². The van der Waals surface area contributed by atoms with Crippen LogP contribution in [-0.2, 0) is 6.54 Å². The largest absolute Gasteiger partial charge is 0.505 e. The van der Waals surface area contributed by atoms with Crippen molar-refractivity contribution in [2.45, 2.75) is 83.0 Å². The number of urea groups is 1. The number of anilines is 3. The lowest BCUT2D eigenvalue weighted by atomic mass is 9.92. The second-order valence-electron chi connectivity index (χ2n) is 9.78. The summed E-state index contributed by atoms with van der Waals surface area (Å²) < 4.78 is 35.7. The van der Waals surface area contributed by atoms with Crippen LogP contribution in [0.4, 0.5) is 31.0 Å². The lowest BCUT2D eigenvalue weighted by Gasteiger charge is -2.39. The Labute approximate surface area is 208 Å². The summed E-state index contributed by atoms with van der Waals surface area (Å²) in [6.07, 6.45) is 8.71. The third kappa shape index (κ3) is 4.52. The average molecular weight is 503 g/mol. The fourth-order valence-corrected chi connectivity index (χ4v) is 5.44. The third-order valence-electron chi connectivity index (χ3n) is 7.32. The van der Waals surface area contributed by atoms with Crippen LogP contribution in [0.3, 0.4) is 0 Å². The summed E-state index contributed by atoms with van der Waals surface area (Å²) in [4.78, 5) is 25.5.